The molecule has 1 heterocycles. The van der Waals surface area contributed by atoms with Gasteiger partial charge in [-0.1, -0.05) is 11.6 Å². The lowest BCUT2D eigenvalue weighted by Crippen LogP contribution is -2.44. The zero-order valence-electron chi connectivity index (χ0n) is 11.0. The lowest BCUT2D eigenvalue weighted by atomic mass is 9.94. The van der Waals surface area contributed by atoms with Crippen molar-refractivity contribution in [1.29, 1.82) is 0 Å². The normalized spacial score (nSPS) is 21.0. The van der Waals surface area contributed by atoms with Crippen molar-refractivity contribution in [2.75, 3.05) is 18.4 Å². The van der Waals surface area contributed by atoms with Gasteiger partial charge < -0.3 is 15.3 Å². The third-order valence-electron chi connectivity index (χ3n) is 3.52. The Hall–Kier alpha value is -1.26. The van der Waals surface area contributed by atoms with Crippen LogP contribution in [0.2, 0.25) is 5.02 Å². The summed E-state index contributed by atoms with van der Waals surface area (Å²) < 4.78 is 0. The average Bonchev–Trinajstić information content (AvgIpc) is 2.41. The quantitative estimate of drug-likeness (QED) is 0.876. The second kappa shape index (κ2) is 6.26. The summed E-state index contributed by atoms with van der Waals surface area (Å²) in [5, 5.41) is 13.1. The lowest BCUT2D eigenvalue weighted by Gasteiger charge is -2.34. The first-order valence-corrected chi connectivity index (χ1v) is 6.93. The minimum atomic E-state index is -0.369. The number of anilines is 1. The van der Waals surface area contributed by atoms with Crippen molar-refractivity contribution in [2.45, 2.75) is 25.9 Å². The Morgan fingerprint density at radius 1 is 1.47 bits per heavy atom. The van der Waals surface area contributed by atoms with Gasteiger partial charge in [0.15, 0.2) is 0 Å². The number of aliphatic hydroxyl groups excluding tert-OH is 1. The van der Waals surface area contributed by atoms with Crippen molar-refractivity contribution in [1.82, 2.24) is 4.90 Å². The number of benzene rings is 1. The standard InChI is InChI=1S/C14H19ClN2O2/c1-10(18)11-3-2-8-17(9-11)14(19)16-13-6-4-12(15)5-7-13/h4-7,10-11,18H,2-3,8-9H2,1H3,(H,16,19). The van der Waals surface area contributed by atoms with Gasteiger partial charge in [0, 0.05) is 29.7 Å². The highest BCUT2D eigenvalue weighted by atomic mass is 35.5. The van der Waals surface area contributed by atoms with E-state index in [0.717, 1.165) is 25.1 Å². The van der Waals surface area contributed by atoms with Crippen LogP contribution in [0, 0.1) is 5.92 Å². The van der Waals surface area contributed by atoms with Gasteiger partial charge in [-0.3, -0.25) is 0 Å². The molecule has 0 aliphatic carbocycles. The SMILES string of the molecule is CC(O)C1CCCN(C(=O)Nc2ccc(Cl)cc2)C1. The maximum absolute atomic E-state index is 12.1. The van der Waals surface area contributed by atoms with Crippen LogP contribution in [-0.4, -0.2) is 35.2 Å². The number of halogens is 1. The molecule has 1 aliphatic rings. The largest absolute Gasteiger partial charge is 0.393 e. The van der Waals surface area contributed by atoms with Gasteiger partial charge in [0.1, 0.15) is 0 Å². The number of rotatable bonds is 2. The molecule has 0 saturated carbocycles. The molecule has 2 N–H and O–H groups in total. The van der Waals surface area contributed by atoms with Crippen LogP contribution in [0.3, 0.4) is 0 Å². The Kier molecular flexibility index (Phi) is 4.66. The second-order valence-corrected chi connectivity index (χ2v) is 5.46. The molecule has 1 aromatic carbocycles. The van der Waals surface area contributed by atoms with Gasteiger partial charge in [-0.2, -0.15) is 0 Å². The van der Waals surface area contributed by atoms with Crippen molar-refractivity contribution in [3.63, 3.8) is 0 Å². The Morgan fingerprint density at radius 3 is 2.79 bits per heavy atom. The predicted molar refractivity (Wildman–Crippen MR) is 76.4 cm³/mol. The number of carbonyl (C=O) groups is 1. The number of piperidine rings is 1. The predicted octanol–water partition coefficient (Wildman–Crippen LogP) is 2.96. The number of nitrogens with zero attached hydrogens (tertiary/aromatic N) is 1. The van der Waals surface area contributed by atoms with Crippen LogP contribution < -0.4 is 5.32 Å². The number of aliphatic hydroxyl groups is 1. The molecular formula is C14H19ClN2O2. The van der Waals surface area contributed by atoms with E-state index in [9.17, 15) is 9.90 Å². The van der Waals surface area contributed by atoms with E-state index in [-0.39, 0.29) is 18.1 Å². The van der Waals surface area contributed by atoms with Gasteiger partial charge >= 0.3 is 6.03 Å². The third kappa shape index (κ3) is 3.85. The van der Waals surface area contributed by atoms with E-state index >= 15 is 0 Å². The van der Waals surface area contributed by atoms with Crippen molar-refractivity contribution in [2.24, 2.45) is 5.92 Å². The molecule has 5 heteroatoms. The minimum Gasteiger partial charge on any atom is -0.393 e. The summed E-state index contributed by atoms with van der Waals surface area (Å²) in [6.07, 6.45) is 1.54. The van der Waals surface area contributed by atoms with E-state index in [2.05, 4.69) is 5.32 Å². The van der Waals surface area contributed by atoms with Gasteiger partial charge in [0.2, 0.25) is 0 Å². The van der Waals surface area contributed by atoms with Gasteiger partial charge in [-0.25, -0.2) is 4.79 Å². The van der Waals surface area contributed by atoms with Crippen LogP contribution in [0.25, 0.3) is 0 Å². The van der Waals surface area contributed by atoms with Crippen LogP contribution >= 0.6 is 11.6 Å². The Balaban J connectivity index is 1.94. The number of hydrogen-bond donors (Lipinski definition) is 2. The van der Waals surface area contributed by atoms with E-state index < -0.39 is 0 Å². The third-order valence-corrected chi connectivity index (χ3v) is 3.77. The van der Waals surface area contributed by atoms with Crippen LogP contribution in [0.15, 0.2) is 24.3 Å². The summed E-state index contributed by atoms with van der Waals surface area (Å²) in [6.45, 7) is 3.13. The summed E-state index contributed by atoms with van der Waals surface area (Å²) in [7, 11) is 0. The fourth-order valence-electron chi connectivity index (χ4n) is 2.32. The minimum absolute atomic E-state index is 0.118. The Bertz CT molecular complexity index is 434. The van der Waals surface area contributed by atoms with Crippen molar-refractivity contribution < 1.29 is 9.90 Å². The lowest BCUT2D eigenvalue weighted by molar-refractivity contribution is 0.0766. The number of carbonyl (C=O) groups excluding carboxylic acids is 1. The number of urea groups is 1. The van der Waals surface area contributed by atoms with E-state index in [1.165, 1.54) is 0 Å². The molecule has 2 rings (SSSR count). The Labute approximate surface area is 118 Å². The second-order valence-electron chi connectivity index (χ2n) is 5.03. The van der Waals surface area contributed by atoms with Crippen molar-refractivity contribution in [3.8, 4) is 0 Å². The molecule has 19 heavy (non-hydrogen) atoms. The number of amides is 2. The van der Waals surface area contributed by atoms with Gasteiger partial charge in [-0.05, 0) is 44.0 Å². The topological polar surface area (TPSA) is 52.6 Å². The first-order chi connectivity index (χ1) is 9.06. The summed E-state index contributed by atoms with van der Waals surface area (Å²) in [5.74, 6) is 0.171. The molecule has 2 amide bonds. The van der Waals surface area contributed by atoms with E-state index in [1.807, 2.05) is 0 Å². The number of nitrogens with one attached hydrogen (secondary N) is 1. The summed E-state index contributed by atoms with van der Waals surface area (Å²) >= 11 is 5.80. The highest BCUT2D eigenvalue weighted by Crippen LogP contribution is 2.21. The molecule has 1 fully saturated rings. The summed E-state index contributed by atoms with van der Waals surface area (Å²) in [6, 6.07) is 6.91. The zero-order valence-corrected chi connectivity index (χ0v) is 11.7. The monoisotopic (exact) mass is 282 g/mol. The molecule has 0 radical (unpaired) electrons. The Morgan fingerprint density at radius 2 is 2.16 bits per heavy atom. The zero-order chi connectivity index (χ0) is 13.8. The maximum Gasteiger partial charge on any atom is 0.321 e. The average molecular weight is 283 g/mol. The maximum atomic E-state index is 12.1. The molecule has 4 nitrogen and oxygen atoms in total. The molecule has 1 aliphatic heterocycles. The van der Waals surface area contributed by atoms with Gasteiger partial charge in [0.25, 0.3) is 0 Å². The molecule has 0 aromatic heterocycles. The van der Waals surface area contributed by atoms with Crippen LogP contribution in [0.1, 0.15) is 19.8 Å². The fourth-order valence-corrected chi connectivity index (χ4v) is 2.45. The smallest absolute Gasteiger partial charge is 0.321 e. The van der Waals surface area contributed by atoms with Crippen LogP contribution in [-0.2, 0) is 0 Å². The van der Waals surface area contributed by atoms with Gasteiger partial charge in [0.05, 0.1) is 6.10 Å². The molecule has 1 saturated heterocycles. The molecule has 1 aromatic rings. The summed E-state index contributed by atoms with van der Waals surface area (Å²) in [5.41, 5.74) is 0.730. The number of hydrogen-bond acceptors (Lipinski definition) is 2. The molecular weight excluding hydrogens is 264 g/mol. The van der Waals surface area contributed by atoms with Crippen LogP contribution in [0.5, 0.6) is 0 Å². The summed E-state index contributed by atoms with van der Waals surface area (Å²) in [4.78, 5) is 13.9. The highest BCUT2D eigenvalue weighted by Gasteiger charge is 2.26. The van der Waals surface area contributed by atoms with Crippen LogP contribution in [0.4, 0.5) is 10.5 Å². The first-order valence-electron chi connectivity index (χ1n) is 6.56. The van der Waals surface area contributed by atoms with E-state index in [1.54, 1.807) is 36.1 Å². The first kappa shape index (κ1) is 14.2. The number of likely N-dealkylation sites (tertiary alicyclic amines) is 1. The molecule has 2 atom stereocenters. The van der Waals surface area contributed by atoms with E-state index in [0.29, 0.717) is 11.6 Å². The molecule has 2 unspecified atom stereocenters. The van der Waals surface area contributed by atoms with E-state index in [4.69, 9.17) is 11.6 Å². The molecule has 0 spiro atoms. The molecule has 0 bridgehead atoms. The van der Waals surface area contributed by atoms with Gasteiger partial charge in [-0.15, -0.1) is 0 Å². The fraction of sp³-hybridized carbons (Fsp3) is 0.500. The molecule has 104 valence electrons. The highest BCUT2D eigenvalue weighted by molar-refractivity contribution is 6.30. The van der Waals surface area contributed by atoms with Crippen molar-refractivity contribution >= 4 is 23.3 Å². The van der Waals surface area contributed by atoms with Crippen molar-refractivity contribution in [3.05, 3.63) is 29.3 Å².